The highest BCUT2D eigenvalue weighted by atomic mass is 15.1. The summed E-state index contributed by atoms with van der Waals surface area (Å²) in [6.45, 7) is 4.89. The average molecular weight is 333 g/mol. The normalized spacial score (nSPS) is 10.5. The van der Waals surface area contributed by atoms with Crippen LogP contribution in [0, 0.1) is 13.8 Å². The Labute approximate surface area is 148 Å². The first-order valence-electron chi connectivity index (χ1n) is 8.36. The van der Waals surface area contributed by atoms with Gasteiger partial charge in [0.15, 0.2) is 11.6 Å². The molecule has 1 aromatic heterocycles. The number of nitrogens with one attached hydrogen (secondary N) is 2. The molecular formula is C20H23N5. The summed E-state index contributed by atoms with van der Waals surface area (Å²) in [5.74, 6) is 1.27. The van der Waals surface area contributed by atoms with Gasteiger partial charge in [-0.1, -0.05) is 48.0 Å². The summed E-state index contributed by atoms with van der Waals surface area (Å²) < 4.78 is 0. The van der Waals surface area contributed by atoms with Crippen LogP contribution in [0.3, 0.4) is 0 Å². The number of aromatic nitrogens is 2. The van der Waals surface area contributed by atoms with Crippen molar-refractivity contribution in [3.05, 3.63) is 71.5 Å². The lowest BCUT2D eigenvalue weighted by atomic mass is 10.1. The third-order valence-electron chi connectivity index (χ3n) is 4.07. The molecular weight excluding hydrogens is 310 g/mol. The van der Waals surface area contributed by atoms with Gasteiger partial charge in [0.25, 0.3) is 0 Å². The second kappa shape index (κ2) is 7.66. The van der Waals surface area contributed by atoms with E-state index in [1.54, 1.807) is 0 Å². The summed E-state index contributed by atoms with van der Waals surface area (Å²) in [6, 6.07) is 16.5. The Morgan fingerprint density at radius 2 is 1.72 bits per heavy atom. The van der Waals surface area contributed by atoms with Gasteiger partial charge in [-0.15, -0.1) is 0 Å². The molecule has 0 aliphatic heterocycles. The van der Waals surface area contributed by atoms with Gasteiger partial charge in [0.1, 0.15) is 12.0 Å². The summed E-state index contributed by atoms with van der Waals surface area (Å²) in [4.78, 5) is 8.54. The lowest BCUT2D eigenvalue weighted by molar-refractivity contribution is 1.00. The fraction of sp³-hybridized carbons (Fsp3) is 0.200. The SMILES string of the molecule is Cc1ccc(Nc2ncnc(NCCc3ccccc3)c2N)c(C)c1. The third-order valence-corrected chi connectivity index (χ3v) is 4.07. The molecule has 0 atom stereocenters. The van der Waals surface area contributed by atoms with Crippen LogP contribution in [0.15, 0.2) is 54.9 Å². The predicted octanol–water partition coefficient (Wildman–Crippen LogP) is 4.07. The average Bonchev–Trinajstić information content (AvgIpc) is 2.61. The molecule has 0 aliphatic carbocycles. The largest absolute Gasteiger partial charge is 0.393 e. The van der Waals surface area contributed by atoms with E-state index in [0.29, 0.717) is 17.3 Å². The summed E-state index contributed by atoms with van der Waals surface area (Å²) in [6.07, 6.45) is 2.43. The van der Waals surface area contributed by atoms with Crippen LogP contribution in [-0.4, -0.2) is 16.5 Å². The zero-order valence-corrected chi connectivity index (χ0v) is 14.6. The number of aryl methyl sites for hydroxylation is 2. The molecule has 4 N–H and O–H groups in total. The van der Waals surface area contributed by atoms with Gasteiger partial charge in [0.05, 0.1) is 0 Å². The van der Waals surface area contributed by atoms with Crippen molar-refractivity contribution in [3.8, 4) is 0 Å². The Kier molecular flexibility index (Phi) is 5.14. The van der Waals surface area contributed by atoms with E-state index in [9.17, 15) is 0 Å². The molecule has 0 aliphatic rings. The monoisotopic (exact) mass is 333 g/mol. The van der Waals surface area contributed by atoms with Gasteiger partial charge in [-0.3, -0.25) is 0 Å². The van der Waals surface area contributed by atoms with Crippen molar-refractivity contribution in [2.75, 3.05) is 22.9 Å². The van der Waals surface area contributed by atoms with E-state index >= 15 is 0 Å². The molecule has 0 bridgehead atoms. The maximum absolute atomic E-state index is 6.24. The van der Waals surface area contributed by atoms with Crippen LogP contribution in [-0.2, 0) is 6.42 Å². The molecule has 0 radical (unpaired) electrons. The van der Waals surface area contributed by atoms with E-state index in [2.05, 4.69) is 58.7 Å². The van der Waals surface area contributed by atoms with Crippen LogP contribution in [0.5, 0.6) is 0 Å². The van der Waals surface area contributed by atoms with Crippen molar-refractivity contribution in [2.24, 2.45) is 0 Å². The van der Waals surface area contributed by atoms with Gasteiger partial charge in [-0.25, -0.2) is 9.97 Å². The first-order valence-corrected chi connectivity index (χ1v) is 8.36. The molecule has 25 heavy (non-hydrogen) atoms. The number of nitrogens with zero attached hydrogens (tertiary/aromatic N) is 2. The minimum Gasteiger partial charge on any atom is -0.393 e. The fourth-order valence-electron chi connectivity index (χ4n) is 2.69. The molecule has 0 spiro atoms. The topological polar surface area (TPSA) is 75.9 Å². The highest BCUT2D eigenvalue weighted by Gasteiger charge is 2.09. The van der Waals surface area contributed by atoms with Crippen molar-refractivity contribution in [2.45, 2.75) is 20.3 Å². The van der Waals surface area contributed by atoms with Crippen molar-refractivity contribution >= 4 is 23.0 Å². The van der Waals surface area contributed by atoms with Gasteiger partial charge in [-0.2, -0.15) is 0 Å². The molecule has 128 valence electrons. The van der Waals surface area contributed by atoms with Gasteiger partial charge < -0.3 is 16.4 Å². The summed E-state index contributed by atoms with van der Waals surface area (Å²) in [7, 11) is 0. The van der Waals surface area contributed by atoms with E-state index in [-0.39, 0.29) is 0 Å². The standard InChI is InChI=1S/C20H23N5/c1-14-8-9-17(15(2)12-14)25-20-18(21)19(23-13-24-20)22-11-10-16-6-4-3-5-7-16/h3-9,12-13H,10-11,21H2,1-2H3,(H2,22,23,24,25). The third kappa shape index (κ3) is 4.26. The van der Waals surface area contributed by atoms with Crippen LogP contribution in [0.2, 0.25) is 0 Å². The molecule has 0 unspecified atom stereocenters. The van der Waals surface area contributed by atoms with Crippen LogP contribution in [0.1, 0.15) is 16.7 Å². The van der Waals surface area contributed by atoms with E-state index in [1.165, 1.54) is 17.5 Å². The molecule has 5 heteroatoms. The lowest BCUT2D eigenvalue weighted by Crippen LogP contribution is -2.11. The predicted molar refractivity (Wildman–Crippen MR) is 104 cm³/mol. The number of nitrogen functional groups attached to an aromatic ring is 1. The lowest BCUT2D eigenvalue weighted by Gasteiger charge is -2.14. The van der Waals surface area contributed by atoms with Crippen LogP contribution >= 0.6 is 0 Å². The molecule has 3 aromatic rings. The second-order valence-electron chi connectivity index (χ2n) is 6.09. The van der Waals surface area contributed by atoms with Gasteiger partial charge in [0, 0.05) is 12.2 Å². The Hall–Kier alpha value is -3.08. The number of anilines is 4. The van der Waals surface area contributed by atoms with Gasteiger partial charge in [0.2, 0.25) is 0 Å². The molecule has 3 rings (SSSR count). The van der Waals surface area contributed by atoms with E-state index in [0.717, 1.165) is 24.2 Å². The van der Waals surface area contributed by atoms with E-state index in [4.69, 9.17) is 5.73 Å². The summed E-state index contributed by atoms with van der Waals surface area (Å²) >= 11 is 0. The van der Waals surface area contributed by atoms with Crippen molar-refractivity contribution in [1.29, 1.82) is 0 Å². The molecule has 0 fully saturated rings. The Balaban J connectivity index is 1.69. The number of nitrogens with two attached hydrogens (primary N) is 1. The van der Waals surface area contributed by atoms with Crippen molar-refractivity contribution < 1.29 is 0 Å². The highest BCUT2D eigenvalue weighted by molar-refractivity contribution is 5.78. The first-order chi connectivity index (χ1) is 12.1. The Bertz CT molecular complexity index is 846. The van der Waals surface area contributed by atoms with Crippen molar-refractivity contribution in [3.63, 3.8) is 0 Å². The molecule has 1 heterocycles. The minimum absolute atomic E-state index is 0.524. The van der Waals surface area contributed by atoms with Gasteiger partial charge >= 0.3 is 0 Å². The quantitative estimate of drug-likeness (QED) is 0.634. The van der Waals surface area contributed by atoms with Crippen molar-refractivity contribution in [1.82, 2.24) is 9.97 Å². The summed E-state index contributed by atoms with van der Waals surface area (Å²) in [5.41, 5.74) is 11.4. The number of rotatable bonds is 6. The van der Waals surface area contributed by atoms with E-state index < -0.39 is 0 Å². The fourth-order valence-corrected chi connectivity index (χ4v) is 2.69. The Morgan fingerprint density at radius 3 is 2.48 bits per heavy atom. The van der Waals surface area contributed by atoms with E-state index in [1.807, 2.05) is 24.3 Å². The van der Waals surface area contributed by atoms with Crippen LogP contribution < -0.4 is 16.4 Å². The van der Waals surface area contributed by atoms with Crippen LogP contribution in [0.25, 0.3) is 0 Å². The summed E-state index contributed by atoms with van der Waals surface area (Å²) in [5, 5.41) is 6.60. The zero-order chi connectivity index (χ0) is 17.6. The second-order valence-corrected chi connectivity index (χ2v) is 6.09. The molecule has 0 saturated heterocycles. The maximum Gasteiger partial charge on any atom is 0.159 e. The number of hydrogen-bond donors (Lipinski definition) is 3. The first kappa shape index (κ1) is 16.8. The van der Waals surface area contributed by atoms with Crippen LogP contribution in [0.4, 0.5) is 23.0 Å². The number of hydrogen-bond acceptors (Lipinski definition) is 5. The smallest absolute Gasteiger partial charge is 0.159 e. The maximum atomic E-state index is 6.24. The molecule has 5 nitrogen and oxygen atoms in total. The molecule has 0 saturated carbocycles. The van der Waals surface area contributed by atoms with Gasteiger partial charge in [-0.05, 0) is 37.5 Å². The minimum atomic E-state index is 0.524. The zero-order valence-electron chi connectivity index (χ0n) is 14.6. The highest BCUT2D eigenvalue weighted by Crippen LogP contribution is 2.27. The Morgan fingerprint density at radius 1 is 0.960 bits per heavy atom. The number of benzene rings is 2. The molecule has 0 amide bonds. The molecule has 2 aromatic carbocycles.